The Bertz CT molecular complexity index is 1150. The standard InChI is InChI=1S/C24H25FN2O5/c1-24(2,3)32-23(30)27-14-16(18-7-5-6-8-20(18)27)13-19(22(29)31-4)26-21(28)15-9-11-17(25)12-10-15/h5-12,14,19H,13H2,1-4H3,(H,26,28)/t19-/m0/s1. The molecule has 32 heavy (non-hydrogen) atoms. The molecule has 0 spiro atoms. The third-order valence-electron chi connectivity index (χ3n) is 4.71. The molecule has 8 heteroatoms. The highest BCUT2D eigenvalue weighted by Crippen LogP contribution is 2.24. The molecule has 0 saturated heterocycles. The van der Waals surface area contributed by atoms with Crippen LogP contribution >= 0.6 is 0 Å². The van der Waals surface area contributed by atoms with Gasteiger partial charge in [0.25, 0.3) is 5.91 Å². The molecule has 0 unspecified atom stereocenters. The largest absolute Gasteiger partial charge is 0.467 e. The normalized spacial score (nSPS) is 12.3. The van der Waals surface area contributed by atoms with Gasteiger partial charge < -0.3 is 14.8 Å². The fraction of sp³-hybridized carbons (Fsp3) is 0.292. The van der Waals surface area contributed by atoms with E-state index >= 15 is 0 Å². The number of benzene rings is 2. The summed E-state index contributed by atoms with van der Waals surface area (Å²) < 4.78 is 24.9. The number of amides is 1. The summed E-state index contributed by atoms with van der Waals surface area (Å²) >= 11 is 0. The summed E-state index contributed by atoms with van der Waals surface area (Å²) in [5.74, 6) is -1.66. The van der Waals surface area contributed by atoms with Crippen molar-refractivity contribution >= 4 is 28.9 Å². The van der Waals surface area contributed by atoms with Gasteiger partial charge >= 0.3 is 12.1 Å². The first-order chi connectivity index (χ1) is 15.1. The molecule has 1 heterocycles. The number of carbonyl (C=O) groups is 3. The molecule has 3 aromatic rings. The molecule has 1 amide bonds. The zero-order chi connectivity index (χ0) is 23.5. The Balaban J connectivity index is 1.92. The molecule has 1 aromatic heterocycles. The van der Waals surface area contributed by atoms with E-state index in [4.69, 9.17) is 9.47 Å². The molecule has 0 bridgehead atoms. The van der Waals surface area contributed by atoms with E-state index in [9.17, 15) is 18.8 Å². The lowest BCUT2D eigenvalue weighted by molar-refractivity contribution is -0.142. The molecule has 0 radical (unpaired) electrons. The molecule has 0 aliphatic heterocycles. The molecule has 0 aliphatic carbocycles. The van der Waals surface area contributed by atoms with Crippen molar-refractivity contribution in [2.24, 2.45) is 0 Å². The molecule has 1 N–H and O–H groups in total. The van der Waals surface area contributed by atoms with Gasteiger partial charge in [0.2, 0.25) is 0 Å². The van der Waals surface area contributed by atoms with Gasteiger partial charge in [0.15, 0.2) is 0 Å². The highest BCUT2D eigenvalue weighted by atomic mass is 19.1. The van der Waals surface area contributed by atoms with E-state index < -0.39 is 35.4 Å². The number of ether oxygens (including phenoxy) is 2. The number of nitrogens with one attached hydrogen (secondary N) is 1. The molecular weight excluding hydrogens is 415 g/mol. The average molecular weight is 440 g/mol. The van der Waals surface area contributed by atoms with E-state index in [1.807, 2.05) is 12.1 Å². The van der Waals surface area contributed by atoms with Crippen LogP contribution < -0.4 is 5.32 Å². The molecule has 0 aliphatic rings. The number of rotatable bonds is 5. The lowest BCUT2D eigenvalue weighted by Crippen LogP contribution is -2.43. The minimum Gasteiger partial charge on any atom is -0.467 e. The first-order valence-electron chi connectivity index (χ1n) is 10.1. The number of halogens is 1. The highest BCUT2D eigenvalue weighted by molar-refractivity contribution is 5.97. The van der Waals surface area contributed by atoms with Gasteiger partial charge in [0, 0.05) is 23.6 Å². The molecule has 3 rings (SSSR count). The molecule has 0 saturated carbocycles. The van der Waals surface area contributed by atoms with E-state index in [1.165, 1.54) is 23.8 Å². The maximum atomic E-state index is 13.2. The van der Waals surface area contributed by atoms with Gasteiger partial charge in [-0.05, 0) is 56.7 Å². The lowest BCUT2D eigenvalue weighted by atomic mass is 10.0. The number of para-hydroxylation sites is 1. The second-order valence-electron chi connectivity index (χ2n) is 8.28. The minimum absolute atomic E-state index is 0.0793. The van der Waals surface area contributed by atoms with Gasteiger partial charge in [0.1, 0.15) is 17.5 Å². The van der Waals surface area contributed by atoms with Gasteiger partial charge in [-0.2, -0.15) is 0 Å². The van der Waals surface area contributed by atoms with Gasteiger partial charge in [-0.25, -0.2) is 14.0 Å². The predicted molar refractivity (Wildman–Crippen MR) is 117 cm³/mol. The quantitative estimate of drug-likeness (QED) is 0.604. The summed E-state index contributed by atoms with van der Waals surface area (Å²) in [5.41, 5.74) is 0.795. The van der Waals surface area contributed by atoms with Gasteiger partial charge in [0.05, 0.1) is 12.6 Å². The van der Waals surface area contributed by atoms with Gasteiger partial charge in [-0.1, -0.05) is 18.2 Å². The van der Waals surface area contributed by atoms with Crippen molar-refractivity contribution in [1.29, 1.82) is 0 Å². The molecule has 7 nitrogen and oxygen atoms in total. The number of hydrogen-bond donors (Lipinski definition) is 1. The summed E-state index contributed by atoms with van der Waals surface area (Å²) in [6.45, 7) is 5.32. The number of nitrogens with zero attached hydrogens (tertiary/aromatic N) is 1. The highest BCUT2D eigenvalue weighted by Gasteiger charge is 2.26. The Labute approximate surface area is 185 Å². The number of hydrogen-bond acceptors (Lipinski definition) is 5. The lowest BCUT2D eigenvalue weighted by Gasteiger charge is -2.19. The first kappa shape index (κ1) is 23.0. The van der Waals surface area contributed by atoms with E-state index in [0.717, 1.165) is 17.5 Å². The smallest absolute Gasteiger partial charge is 0.419 e. The van der Waals surface area contributed by atoms with Crippen molar-refractivity contribution in [2.75, 3.05) is 7.11 Å². The van der Waals surface area contributed by atoms with Crippen LogP contribution in [0.3, 0.4) is 0 Å². The van der Waals surface area contributed by atoms with Crippen molar-refractivity contribution < 1.29 is 28.2 Å². The van der Waals surface area contributed by atoms with Crippen molar-refractivity contribution in [3.05, 3.63) is 71.7 Å². The second-order valence-corrected chi connectivity index (χ2v) is 8.28. The van der Waals surface area contributed by atoms with Crippen LogP contribution in [0.1, 0.15) is 36.7 Å². The summed E-state index contributed by atoms with van der Waals surface area (Å²) in [7, 11) is 1.23. The number of methoxy groups -OCH3 is 1. The van der Waals surface area contributed by atoms with Crippen LogP contribution in [0.15, 0.2) is 54.7 Å². The Morgan fingerprint density at radius 3 is 2.34 bits per heavy atom. The topological polar surface area (TPSA) is 86.6 Å². The Kier molecular flexibility index (Phi) is 6.62. The van der Waals surface area contributed by atoms with Crippen molar-refractivity contribution in [2.45, 2.75) is 38.8 Å². The molecule has 2 aromatic carbocycles. The van der Waals surface area contributed by atoms with Crippen molar-refractivity contribution in [3.8, 4) is 0 Å². The SMILES string of the molecule is COC(=O)[C@H](Cc1cn(C(=O)OC(C)(C)C)c2ccccc12)NC(=O)c1ccc(F)cc1. The summed E-state index contributed by atoms with van der Waals surface area (Å²) in [5, 5.41) is 3.37. The molecular formula is C24H25FN2O5. The van der Waals surface area contributed by atoms with Crippen LogP contribution in [-0.4, -0.2) is 41.3 Å². The summed E-state index contributed by atoms with van der Waals surface area (Å²) in [6, 6.07) is 11.2. The minimum atomic E-state index is -1.02. The van der Waals surface area contributed by atoms with Crippen LogP contribution in [0.2, 0.25) is 0 Å². The number of esters is 1. The monoisotopic (exact) mass is 440 g/mol. The Morgan fingerprint density at radius 1 is 1.06 bits per heavy atom. The number of aromatic nitrogens is 1. The van der Waals surface area contributed by atoms with Crippen molar-refractivity contribution in [3.63, 3.8) is 0 Å². The maximum Gasteiger partial charge on any atom is 0.419 e. The molecule has 1 atom stereocenters. The maximum absolute atomic E-state index is 13.2. The zero-order valence-corrected chi connectivity index (χ0v) is 18.3. The second kappa shape index (κ2) is 9.21. The van der Waals surface area contributed by atoms with E-state index in [2.05, 4.69) is 5.32 Å². The van der Waals surface area contributed by atoms with Crippen LogP contribution in [-0.2, 0) is 20.7 Å². The van der Waals surface area contributed by atoms with E-state index in [1.54, 1.807) is 39.1 Å². The number of fused-ring (bicyclic) bond motifs is 1. The fourth-order valence-electron chi connectivity index (χ4n) is 3.27. The summed E-state index contributed by atoms with van der Waals surface area (Å²) in [4.78, 5) is 37.7. The third-order valence-corrected chi connectivity index (χ3v) is 4.71. The molecule has 0 fully saturated rings. The third kappa shape index (κ3) is 5.32. The number of carbonyl (C=O) groups excluding carboxylic acids is 3. The van der Waals surface area contributed by atoms with Gasteiger partial charge in [-0.3, -0.25) is 9.36 Å². The Hall–Kier alpha value is -3.68. The first-order valence-corrected chi connectivity index (χ1v) is 10.1. The predicted octanol–water partition coefficient (Wildman–Crippen LogP) is 4.08. The van der Waals surface area contributed by atoms with Crippen LogP contribution in [0.25, 0.3) is 10.9 Å². The zero-order valence-electron chi connectivity index (χ0n) is 18.3. The van der Waals surface area contributed by atoms with Gasteiger partial charge in [-0.15, -0.1) is 0 Å². The Morgan fingerprint density at radius 2 is 1.72 bits per heavy atom. The van der Waals surface area contributed by atoms with E-state index in [0.29, 0.717) is 11.1 Å². The van der Waals surface area contributed by atoms with Crippen LogP contribution in [0.4, 0.5) is 9.18 Å². The summed E-state index contributed by atoms with van der Waals surface area (Å²) in [6.07, 6.45) is 1.12. The van der Waals surface area contributed by atoms with Crippen LogP contribution in [0.5, 0.6) is 0 Å². The van der Waals surface area contributed by atoms with E-state index in [-0.39, 0.29) is 12.0 Å². The average Bonchev–Trinajstić information content (AvgIpc) is 3.10. The fourth-order valence-corrected chi connectivity index (χ4v) is 3.27. The van der Waals surface area contributed by atoms with Crippen molar-refractivity contribution in [1.82, 2.24) is 9.88 Å². The van der Waals surface area contributed by atoms with Crippen LogP contribution in [0, 0.1) is 5.82 Å². The molecule has 168 valence electrons.